The van der Waals surface area contributed by atoms with E-state index in [2.05, 4.69) is 4.79 Å². The van der Waals surface area contributed by atoms with Gasteiger partial charge in [0.1, 0.15) is 0 Å². The van der Waals surface area contributed by atoms with Crippen LogP contribution in [0.5, 0.6) is 0 Å². The summed E-state index contributed by atoms with van der Waals surface area (Å²) in [5.74, 6) is -0.319. The van der Waals surface area contributed by atoms with Crippen molar-refractivity contribution >= 4 is 11.7 Å². The average Bonchev–Trinajstić information content (AvgIpc) is 2.26. The number of hydrogen-bond donors (Lipinski definition) is 0. The molecule has 0 bridgehead atoms. The van der Waals surface area contributed by atoms with Crippen molar-refractivity contribution in [3.8, 4) is 0 Å². The molecule has 0 heterocycles. The van der Waals surface area contributed by atoms with Gasteiger partial charge in [0.25, 0.3) is 5.71 Å². The third-order valence-electron chi connectivity index (χ3n) is 1.79. The van der Waals surface area contributed by atoms with Gasteiger partial charge in [0, 0.05) is 6.08 Å². The molecule has 0 spiro atoms. The number of carbonyl (C=O) groups excluding carboxylic acids is 1. The number of nitrogens with zero attached hydrogens (tertiary/aromatic N) is 2. The van der Waals surface area contributed by atoms with Gasteiger partial charge in [0.15, 0.2) is 0 Å². The predicted molar refractivity (Wildman–Crippen MR) is 51.7 cm³/mol. The molecule has 1 aliphatic rings. The smallest absolute Gasteiger partial charge is 0.337 e. The summed E-state index contributed by atoms with van der Waals surface area (Å²) in [6, 6.07) is 0. The number of esters is 1. The molecular weight excluding hydrogens is 180 g/mol. The summed E-state index contributed by atoms with van der Waals surface area (Å²) in [5, 5.41) is 0. The van der Waals surface area contributed by atoms with Crippen LogP contribution in [0.3, 0.4) is 0 Å². The molecular formula is C10H12N2O2. The van der Waals surface area contributed by atoms with E-state index in [1.165, 1.54) is 0 Å². The molecule has 0 saturated heterocycles. The maximum atomic E-state index is 11.3. The van der Waals surface area contributed by atoms with Crippen LogP contribution in [0.1, 0.15) is 19.8 Å². The molecule has 0 radical (unpaired) electrons. The minimum atomic E-state index is -0.319. The highest BCUT2D eigenvalue weighted by Crippen LogP contribution is 2.08. The van der Waals surface area contributed by atoms with Gasteiger partial charge >= 0.3 is 5.97 Å². The van der Waals surface area contributed by atoms with Gasteiger partial charge in [-0.3, -0.25) is 0 Å². The lowest BCUT2D eigenvalue weighted by atomic mass is 10.1. The summed E-state index contributed by atoms with van der Waals surface area (Å²) in [7, 11) is 0. The van der Waals surface area contributed by atoms with Crippen LogP contribution in [0.25, 0.3) is 5.53 Å². The zero-order valence-electron chi connectivity index (χ0n) is 8.06. The number of carbonyl (C=O) groups is 1. The van der Waals surface area contributed by atoms with Crippen LogP contribution in [0, 0.1) is 0 Å². The maximum absolute atomic E-state index is 11.3. The summed E-state index contributed by atoms with van der Waals surface area (Å²) >= 11 is 0. The second-order valence-electron chi connectivity index (χ2n) is 2.92. The van der Waals surface area contributed by atoms with Gasteiger partial charge in [-0.25, -0.2) is 4.79 Å². The first kappa shape index (κ1) is 10.4. The van der Waals surface area contributed by atoms with Crippen LogP contribution >= 0.6 is 0 Å². The summed E-state index contributed by atoms with van der Waals surface area (Å²) in [4.78, 5) is 14.3. The molecule has 0 aromatic carbocycles. The Hall–Kier alpha value is -1.67. The fourth-order valence-corrected chi connectivity index (χ4v) is 1.04. The van der Waals surface area contributed by atoms with E-state index in [1.807, 2.05) is 6.92 Å². The van der Waals surface area contributed by atoms with Crippen molar-refractivity contribution in [1.29, 1.82) is 0 Å². The second kappa shape index (κ2) is 5.14. The molecule has 4 nitrogen and oxygen atoms in total. The molecule has 0 N–H and O–H groups in total. The molecule has 0 fully saturated rings. The van der Waals surface area contributed by atoms with Crippen LogP contribution in [-0.2, 0) is 9.53 Å². The molecule has 0 aromatic heterocycles. The lowest BCUT2D eigenvalue weighted by Crippen LogP contribution is -2.10. The summed E-state index contributed by atoms with van der Waals surface area (Å²) in [5.41, 5.74) is 9.51. The fourth-order valence-electron chi connectivity index (χ4n) is 1.04. The molecule has 1 rings (SSSR count). The number of allylic oxidation sites excluding steroid dienone is 2. The first-order valence-electron chi connectivity index (χ1n) is 4.54. The average molecular weight is 192 g/mol. The summed E-state index contributed by atoms with van der Waals surface area (Å²) in [6.45, 7) is 2.37. The molecule has 74 valence electrons. The standard InChI is InChI=1S/C10H12N2O2/c1-2-7-14-10(13)8-3-5-9(12-11)6-4-8/h3-5H,2,6-7H2,1H3. The number of rotatable bonds is 3. The minimum absolute atomic E-state index is 0.319. The zero-order valence-corrected chi connectivity index (χ0v) is 8.06. The molecule has 0 aliphatic heterocycles. The predicted octanol–water partition coefficient (Wildman–Crippen LogP) is 1.50. The van der Waals surface area contributed by atoms with E-state index in [1.54, 1.807) is 18.2 Å². The molecule has 14 heavy (non-hydrogen) atoms. The van der Waals surface area contributed by atoms with E-state index in [0.717, 1.165) is 6.42 Å². The Morgan fingerprint density at radius 3 is 2.93 bits per heavy atom. The molecule has 0 aromatic rings. The summed E-state index contributed by atoms with van der Waals surface area (Å²) in [6.07, 6.45) is 6.15. The van der Waals surface area contributed by atoms with Crippen LogP contribution in [0.2, 0.25) is 0 Å². The van der Waals surface area contributed by atoms with Gasteiger partial charge in [-0.2, -0.15) is 4.79 Å². The quantitative estimate of drug-likeness (QED) is 0.386. The van der Waals surface area contributed by atoms with Gasteiger partial charge in [0.2, 0.25) is 0 Å². The Kier molecular flexibility index (Phi) is 3.83. The Morgan fingerprint density at radius 2 is 2.43 bits per heavy atom. The topological polar surface area (TPSA) is 62.7 Å². The van der Waals surface area contributed by atoms with Crippen molar-refractivity contribution in [2.75, 3.05) is 6.61 Å². The van der Waals surface area contributed by atoms with E-state index in [9.17, 15) is 4.79 Å². The molecule has 4 heteroatoms. The fraction of sp³-hybridized carbons (Fsp3) is 0.400. The molecule has 0 unspecified atom stereocenters. The van der Waals surface area contributed by atoms with Gasteiger partial charge in [0.05, 0.1) is 18.6 Å². The van der Waals surface area contributed by atoms with Crippen molar-refractivity contribution in [2.45, 2.75) is 19.8 Å². The van der Waals surface area contributed by atoms with Gasteiger partial charge in [-0.1, -0.05) is 13.0 Å². The monoisotopic (exact) mass is 192 g/mol. The maximum Gasteiger partial charge on any atom is 0.337 e. The Morgan fingerprint density at radius 1 is 1.64 bits per heavy atom. The van der Waals surface area contributed by atoms with E-state index in [0.29, 0.717) is 24.3 Å². The minimum Gasteiger partial charge on any atom is -0.462 e. The third kappa shape index (κ3) is 2.68. The van der Waals surface area contributed by atoms with Crippen molar-refractivity contribution in [3.05, 3.63) is 29.3 Å². The molecule has 1 aliphatic carbocycles. The van der Waals surface area contributed by atoms with E-state index in [4.69, 9.17) is 10.3 Å². The Balaban J connectivity index is 2.56. The third-order valence-corrected chi connectivity index (χ3v) is 1.79. The van der Waals surface area contributed by atoms with Crippen LogP contribution in [0.4, 0.5) is 0 Å². The van der Waals surface area contributed by atoms with Crippen molar-refractivity contribution < 1.29 is 14.3 Å². The van der Waals surface area contributed by atoms with Gasteiger partial charge in [-0.15, -0.1) is 0 Å². The molecule has 0 saturated carbocycles. The van der Waals surface area contributed by atoms with Gasteiger partial charge < -0.3 is 10.3 Å². The van der Waals surface area contributed by atoms with Crippen molar-refractivity contribution in [3.63, 3.8) is 0 Å². The highest BCUT2D eigenvalue weighted by Gasteiger charge is 2.14. The lowest BCUT2D eigenvalue weighted by molar-refractivity contribution is -0.138. The van der Waals surface area contributed by atoms with Crippen LogP contribution in [-0.4, -0.2) is 23.1 Å². The lowest BCUT2D eigenvalue weighted by Gasteiger charge is -2.04. The van der Waals surface area contributed by atoms with Crippen molar-refractivity contribution in [2.24, 2.45) is 0 Å². The molecule has 0 atom stereocenters. The Labute approximate surface area is 82.5 Å². The molecule has 0 amide bonds. The van der Waals surface area contributed by atoms with E-state index >= 15 is 0 Å². The second-order valence-corrected chi connectivity index (χ2v) is 2.92. The highest BCUT2D eigenvalue weighted by atomic mass is 16.5. The largest absolute Gasteiger partial charge is 0.462 e. The zero-order chi connectivity index (χ0) is 10.4. The number of hydrogen-bond acceptors (Lipinski definition) is 2. The highest BCUT2D eigenvalue weighted by molar-refractivity contribution is 6.00. The first-order valence-corrected chi connectivity index (χ1v) is 4.54. The summed E-state index contributed by atoms with van der Waals surface area (Å²) < 4.78 is 4.94. The van der Waals surface area contributed by atoms with E-state index in [-0.39, 0.29) is 5.97 Å². The van der Waals surface area contributed by atoms with Gasteiger partial charge in [-0.05, 0) is 12.5 Å². The van der Waals surface area contributed by atoms with Crippen LogP contribution in [0.15, 0.2) is 23.8 Å². The van der Waals surface area contributed by atoms with Crippen LogP contribution < -0.4 is 0 Å². The van der Waals surface area contributed by atoms with Crippen molar-refractivity contribution in [1.82, 2.24) is 0 Å². The number of ether oxygens (including phenoxy) is 1. The normalized spacial score (nSPS) is 14.6. The Bertz CT molecular complexity index is 336. The van der Waals surface area contributed by atoms with E-state index < -0.39 is 0 Å². The first-order chi connectivity index (χ1) is 6.77. The SMILES string of the molecule is CCCOC(=O)C1=CCC(=[N+]=[N-])C=C1.